The molecule has 0 amide bonds. The number of rotatable bonds is 3. The third kappa shape index (κ3) is 4.16. The summed E-state index contributed by atoms with van der Waals surface area (Å²) in [5.41, 5.74) is -0.274. The van der Waals surface area contributed by atoms with Gasteiger partial charge in [-0.1, -0.05) is 12.1 Å². The topological polar surface area (TPSA) is 33.0 Å². The number of alkyl halides is 3. The van der Waals surface area contributed by atoms with E-state index in [1.807, 2.05) is 25.7 Å². The van der Waals surface area contributed by atoms with Gasteiger partial charge in [0.25, 0.3) is 0 Å². The van der Waals surface area contributed by atoms with E-state index in [4.69, 9.17) is 9.69 Å². The van der Waals surface area contributed by atoms with E-state index in [1.54, 1.807) is 0 Å². The van der Waals surface area contributed by atoms with Crippen LogP contribution < -0.4 is 0 Å². The highest BCUT2D eigenvalue weighted by Gasteiger charge is 2.30. The van der Waals surface area contributed by atoms with Gasteiger partial charge in [0.2, 0.25) is 0 Å². The van der Waals surface area contributed by atoms with Gasteiger partial charge in [-0.3, -0.25) is 0 Å². The molecule has 6 heteroatoms. The first-order chi connectivity index (χ1) is 8.13. The fourth-order valence-electron chi connectivity index (χ4n) is 1.37. The van der Waals surface area contributed by atoms with Crippen LogP contribution in [0.1, 0.15) is 17.2 Å². The number of nitrogens with zero attached hydrogens (tertiary/aromatic N) is 1. The molecule has 0 aliphatic heterocycles. The molecule has 0 bridgehead atoms. The Labute approximate surface area is 105 Å². The maximum absolute atomic E-state index is 12.4. The van der Waals surface area contributed by atoms with Crippen LogP contribution in [0.4, 0.5) is 13.2 Å². The van der Waals surface area contributed by atoms with Crippen LogP contribution in [0.2, 0.25) is 19.6 Å². The first-order valence-corrected chi connectivity index (χ1v) is 8.79. The third-order valence-corrected chi connectivity index (χ3v) is 3.07. The maximum Gasteiger partial charge on any atom is 0.416 e. The van der Waals surface area contributed by atoms with E-state index in [0.717, 1.165) is 12.1 Å². The van der Waals surface area contributed by atoms with Crippen LogP contribution >= 0.6 is 0 Å². The number of benzene rings is 1. The van der Waals surface area contributed by atoms with E-state index in [-0.39, 0.29) is 0 Å². The molecule has 1 aromatic rings. The van der Waals surface area contributed by atoms with Crippen LogP contribution in [0.3, 0.4) is 0 Å². The Bertz CT molecular complexity index is 442. The predicted molar refractivity (Wildman–Crippen MR) is 64.2 cm³/mol. The Kier molecular flexibility index (Phi) is 4.19. The SMILES string of the molecule is C[Si](C)(C)O[C@H](C#N)c1ccc(C(F)(F)F)cc1. The Morgan fingerprint density at radius 3 is 2.00 bits per heavy atom. The van der Waals surface area contributed by atoms with Crippen molar-refractivity contribution in [2.75, 3.05) is 0 Å². The van der Waals surface area contributed by atoms with E-state index in [9.17, 15) is 13.2 Å². The lowest BCUT2D eigenvalue weighted by Gasteiger charge is -2.22. The van der Waals surface area contributed by atoms with Crippen molar-refractivity contribution in [3.05, 3.63) is 35.4 Å². The van der Waals surface area contributed by atoms with E-state index in [2.05, 4.69) is 0 Å². The molecule has 0 unspecified atom stereocenters. The molecule has 0 heterocycles. The maximum atomic E-state index is 12.4. The van der Waals surface area contributed by atoms with Gasteiger partial charge in [0, 0.05) is 0 Å². The fourth-order valence-corrected chi connectivity index (χ4v) is 2.27. The summed E-state index contributed by atoms with van der Waals surface area (Å²) in [5, 5.41) is 9.00. The van der Waals surface area contributed by atoms with Gasteiger partial charge < -0.3 is 4.43 Å². The molecule has 1 rings (SSSR count). The lowest BCUT2D eigenvalue weighted by atomic mass is 10.1. The molecule has 0 aromatic heterocycles. The molecule has 0 spiro atoms. The Hall–Kier alpha value is -1.32. The summed E-state index contributed by atoms with van der Waals surface area (Å²) in [5.74, 6) is 0. The van der Waals surface area contributed by atoms with Crippen molar-refractivity contribution < 1.29 is 17.6 Å². The van der Waals surface area contributed by atoms with E-state index in [1.165, 1.54) is 12.1 Å². The highest BCUT2D eigenvalue weighted by Crippen LogP contribution is 2.30. The lowest BCUT2D eigenvalue weighted by molar-refractivity contribution is -0.137. The monoisotopic (exact) mass is 273 g/mol. The standard InChI is InChI=1S/C12H14F3NOSi/c1-18(2,3)17-11(8-16)9-4-6-10(7-5-9)12(13,14)15/h4-7,11H,1-3H3/t11-/m1/s1. The molecule has 98 valence electrons. The molecule has 0 saturated heterocycles. The minimum atomic E-state index is -4.36. The van der Waals surface area contributed by atoms with Gasteiger partial charge in [-0.05, 0) is 37.3 Å². The second-order valence-electron chi connectivity index (χ2n) is 4.86. The summed E-state index contributed by atoms with van der Waals surface area (Å²) in [6.45, 7) is 5.75. The predicted octanol–water partition coefficient (Wildman–Crippen LogP) is 4.12. The minimum absolute atomic E-state index is 0.452. The van der Waals surface area contributed by atoms with Gasteiger partial charge in [-0.25, -0.2) is 0 Å². The Morgan fingerprint density at radius 1 is 1.17 bits per heavy atom. The molecule has 0 N–H and O–H groups in total. The summed E-state index contributed by atoms with van der Waals surface area (Å²) in [6, 6.07) is 6.47. The Morgan fingerprint density at radius 2 is 1.67 bits per heavy atom. The van der Waals surface area contributed by atoms with Crippen LogP contribution in [0.5, 0.6) is 0 Å². The van der Waals surface area contributed by atoms with Gasteiger partial charge >= 0.3 is 6.18 Å². The van der Waals surface area contributed by atoms with Crippen molar-refractivity contribution in [1.82, 2.24) is 0 Å². The van der Waals surface area contributed by atoms with Crippen LogP contribution in [0.15, 0.2) is 24.3 Å². The van der Waals surface area contributed by atoms with Crippen molar-refractivity contribution in [3.63, 3.8) is 0 Å². The van der Waals surface area contributed by atoms with Crippen molar-refractivity contribution in [2.24, 2.45) is 0 Å². The third-order valence-electron chi connectivity index (χ3n) is 2.13. The summed E-state index contributed by atoms with van der Waals surface area (Å²) >= 11 is 0. The number of hydrogen-bond acceptors (Lipinski definition) is 2. The van der Waals surface area contributed by atoms with Gasteiger partial charge in [0.1, 0.15) is 0 Å². The van der Waals surface area contributed by atoms with E-state index < -0.39 is 26.2 Å². The number of halogens is 3. The van der Waals surface area contributed by atoms with Gasteiger partial charge in [0.15, 0.2) is 14.4 Å². The van der Waals surface area contributed by atoms with E-state index in [0.29, 0.717) is 5.56 Å². The van der Waals surface area contributed by atoms with Crippen molar-refractivity contribution >= 4 is 8.32 Å². The zero-order valence-electron chi connectivity index (χ0n) is 10.4. The molecular weight excluding hydrogens is 259 g/mol. The highest BCUT2D eigenvalue weighted by atomic mass is 28.4. The Balaban J connectivity index is 2.94. The molecule has 0 aliphatic rings. The number of nitriles is 1. The molecule has 0 radical (unpaired) electrons. The van der Waals surface area contributed by atoms with Gasteiger partial charge in [-0.15, -0.1) is 0 Å². The zero-order chi connectivity index (χ0) is 14.0. The highest BCUT2D eigenvalue weighted by molar-refractivity contribution is 6.69. The smallest absolute Gasteiger partial charge is 0.399 e. The van der Waals surface area contributed by atoms with Crippen LogP contribution in [-0.2, 0) is 10.6 Å². The van der Waals surface area contributed by atoms with Crippen LogP contribution in [-0.4, -0.2) is 8.32 Å². The van der Waals surface area contributed by atoms with Gasteiger partial charge in [0.05, 0.1) is 11.6 Å². The van der Waals surface area contributed by atoms with Crippen molar-refractivity contribution in [1.29, 1.82) is 5.26 Å². The normalized spacial score (nSPS) is 14.1. The molecule has 18 heavy (non-hydrogen) atoms. The first kappa shape index (κ1) is 14.7. The fraction of sp³-hybridized carbons (Fsp3) is 0.417. The quantitative estimate of drug-likeness (QED) is 0.776. The van der Waals surface area contributed by atoms with Crippen molar-refractivity contribution in [3.8, 4) is 6.07 Å². The molecule has 0 saturated carbocycles. The average molecular weight is 273 g/mol. The lowest BCUT2D eigenvalue weighted by Crippen LogP contribution is -2.27. The average Bonchev–Trinajstić information content (AvgIpc) is 2.24. The summed E-state index contributed by atoms with van der Waals surface area (Å²) in [4.78, 5) is 0. The molecule has 0 fully saturated rings. The first-order valence-electron chi connectivity index (χ1n) is 5.38. The summed E-state index contributed by atoms with van der Waals surface area (Å²) < 4.78 is 42.7. The van der Waals surface area contributed by atoms with Crippen LogP contribution in [0.25, 0.3) is 0 Å². The number of hydrogen-bond donors (Lipinski definition) is 0. The summed E-state index contributed by atoms with van der Waals surface area (Å²) in [6.07, 6.45) is -5.17. The molecule has 2 nitrogen and oxygen atoms in total. The largest absolute Gasteiger partial charge is 0.416 e. The van der Waals surface area contributed by atoms with Crippen molar-refractivity contribution in [2.45, 2.75) is 31.9 Å². The molecular formula is C12H14F3NOSi. The molecule has 0 aliphatic carbocycles. The van der Waals surface area contributed by atoms with E-state index >= 15 is 0 Å². The molecule has 1 aromatic carbocycles. The second-order valence-corrected chi connectivity index (χ2v) is 9.32. The molecule has 1 atom stereocenters. The zero-order valence-corrected chi connectivity index (χ0v) is 11.4. The van der Waals surface area contributed by atoms with Crippen LogP contribution in [0, 0.1) is 11.3 Å². The summed E-state index contributed by atoms with van der Waals surface area (Å²) in [7, 11) is -1.92. The van der Waals surface area contributed by atoms with Gasteiger partial charge in [-0.2, -0.15) is 18.4 Å². The second kappa shape index (κ2) is 5.12. The minimum Gasteiger partial charge on any atom is -0.399 e.